The average molecular weight is 310 g/mol. The second kappa shape index (κ2) is 8.78. The van der Waals surface area contributed by atoms with Gasteiger partial charge in [0.25, 0.3) is 0 Å². The van der Waals surface area contributed by atoms with Crippen molar-refractivity contribution in [3.63, 3.8) is 0 Å². The van der Waals surface area contributed by atoms with Crippen molar-refractivity contribution >= 4 is 25.2 Å². The molecule has 1 rings (SSSR count). The van der Waals surface area contributed by atoms with Crippen molar-refractivity contribution in [2.45, 2.75) is 38.0 Å². The van der Waals surface area contributed by atoms with Crippen molar-refractivity contribution in [2.24, 2.45) is 0 Å². The lowest BCUT2D eigenvalue weighted by molar-refractivity contribution is -0.141. The van der Waals surface area contributed by atoms with Crippen LogP contribution in [-0.2, 0) is 19.1 Å². The molecule has 116 valence electrons. The molecule has 1 aromatic carbocycles. The third kappa shape index (κ3) is 5.47. The number of carbonyl (C=O) groups excluding carboxylic acids is 2. The van der Waals surface area contributed by atoms with Gasteiger partial charge < -0.3 is 9.47 Å². The van der Waals surface area contributed by atoms with Gasteiger partial charge in [0.2, 0.25) is 0 Å². The van der Waals surface area contributed by atoms with Gasteiger partial charge >= 0.3 is 11.9 Å². The Morgan fingerprint density at radius 2 is 1.38 bits per heavy atom. The molecule has 0 N–H and O–H groups in total. The maximum atomic E-state index is 11.6. The Kier molecular flexibility index (Phi) is 7.38. The first-order valence-electron chi connectivity index (χ1n) is 6.96. The average Bonchev–Trinajstić information content (AvgIpc) is 2.48. The Morgan fingerprint density at radius 3 is 1.76 bits per heavy atom. The van der Waals surface area contributed by atoms with Crippen LogP contribution in [0.4, 0.5) is 0 Å². The largest absolute Gasteiger partial charge is 0.469 e. The fourth-order valence-corrected chi connectivity index (χ4v) is 5.48. The molecule has 0 heterocycles. The lowest BCUT2D eigenvalue weighted by atomic mass is 10.3. The molecule has 5 heteroatoms. The Morgan fingerprint density at radius 1 is 0.952 bits per heavy atom. The van der Waals surface area contributed by atoms with Crippen LogP contribution in [0.2, 0.25) is 0 Å². The molecule has 0 aromatic heterocycles. The van der Waals surface area contributed by atoms with Gasteiger partial charge in [0.1, 0.15) is 0 Å². The minimum absolute atomic E-state index is 0.148. The van der Waals surface area contributed by atoms with Gasteiger partial charge in [-0.3, -0.25) is 9.59 Å². The first-order valence-corrected chi connectivity index (χ1v) is 8.44. The van der Waals surface area contributed by atoms with E-state index in [2.05, 4.69) is 12.1 Å². The highest BCUT2D eigenvalue weighted by Crippen LogP contribution is 2.48. The van der Waals surface area contributed by atoms with Crippen molar-refractivity contribution in [1.29, 1.82) is 0 Å². The molecule has 0 spiro atoms. The predicted molar refractivity (Wildman–Crippen MR) is 85.2 cm³/mol. The van der Waals surface area contributed by atoms with Gasteiger partial charge in [-0.25, -0.2) is 0 Å². The van der Waals surface area contributed by atoms with Gasteiger partial charge in [-0.15, -0.1) is 0 Å². The summed E-state index contributed by atoms with van der Waals surface area (Å²) in [6.07, 6.45) is 0.727. The molecule has 0 aliphatic rings. The Labute approximate surface area is 127 Å². The van der Waals surface area contributed by atoms with Gasteiger partial charge in [-0.05, 0) is 16.6 Å². The third-order valence-electron chi connectivity index (χ3n) is 3.38. The lowest BCUT2D eigenvalue weighted by Crippen LogP contribution is -2.23. The van der Waals surface area contributed by atoms with E-state index in [0.29, 0.717) is 12.8 Å². The molecule has 0 saturated carbocycles. The summed E-state index contributed by atoms with van der Waals surface area (Å²) in [7, 11) is 2.14. The van der Waals surface area contributed by atoms with E-state index in [9.17, 15) is 9.59 Å². The number of ether oxygens (including phenoxy) is 2. The molecule has 1 aromatic rings. The zero-order valence-corrected chi connectivity index (χ0v) is 13.9. The number of hydrogen-bond donors (Lipinski definition) is 0. The molecule has 4 nitrogen and oxygen atoms in total. The van der Waals surface area contributed by atoms with E-state index in [0.717, 1.165) is 0 Å². The zero-order valence-electron chi connectivity index (χ0n) is 13.0. The quantitative estimate of drug-likeness (QED) is 0.574. The van der Waals surface area contributed by atoms with E-state index in [-0.39, 0.29) is 23.3 Å². The van der Waals surface area contributed by atoms with Crippen molar-refractivity contribution in [1.82, 2.24) is 0 Å². The first-order chi connectivity index (χ1) is 9.99. The number of methoxy groups -OCH3 is 2. The van der Waals surface area contributed by atoms with E-state index in [1.165, 1.54) is 19.5 Å². The van der Waals surface area contributed by atoms with Gasteiger partial charge in [0, 0.05) is 0 Å². The minimum atomic E-state index is -0.656. The van der Waals surface area contributed by atoms with Crippen LogP contribution in [0.25, 0.3) is 0 Å². The van der Waals surface area contributed by atoms with Gasteiger partial charge in [-0.1, -0.05) is 52.1 Å². The van der Waals surface area contributed by atoms with Crippen LogP contribution in [-0.4, -0.2) is 37.5 Å². The van der Waals surface area contributed by atoms with Gasteiger partial charge in [0.05, 0.1) is 27.1 Å². The summed E-state index contributed by atoms with van der Waals surface area (Å²) in [5.74, 6) is -0.424. The van der Waals surface area contributed by atoms with E-state index in [1.807, 2.05) is 32.0 Å². The van der Waals surface area contributed by atoms with Crippen LogP contribution in [0.1, 0.15) is 26.7 Å². The van der Waals surface area contributed by atoms with E-state index < -0.39 is 7.92 Å². The number of esters is 2. The topological polar surface area (TPSA) is 52.6 Å². The summed E-state index contributed by atoms with van der Waals surface area (Å²) >= 11 is 0. The molecule has 21 heavy (non-hydrogen) atoms. The lowest BCUT2D eigenvalue weighted by Gasteiger charge is -2.29. The van der Waals surface area contributed by atoms with Crippen LogP contribution < -0.4 is 5.30 Å². The summed E-state index contributed by atoms with van der Waals surface area (Å²) in [4.78, 5) is 23.1. The van der Waals surface area contributed by atoms with E-state index >= 15 is 0 Å². The van der Waals surface area contributed by atoms with Crippen LogP contribution in [0.15, 0.2) is 30.3 Å². The van der Waals surface area contributed by atoms with Gasteiger partial charge in [-0.2, -0.15) is 0 Å². The summed E-state index contributed by atoms with van der Waals surface area (Å²) in [6.45, 7) is 4.09. The second-order valence-corrected chi connectivity index (χ2v) is 8.10. The minimum Gasteiger partial charge on any atom is -0.469 e. The molecule has 0 fully saturated rings. The summed E-state index contributed by atoms with van der Waals surface area (Å²) in [6, 6.07) is 10.1. The fourth-order valence-electron chi connectivity index (χ4n) is 2.39. The molecule has 0 radical (unpaired) electrons. The molecule has 0 aliphatic heterocycles. The van der Waals surface area contributed by atoms with Crippen molar-refractivity contribution < 1.29 is 19.1 Å². The summed E-state index contributed by atoms with van der Waals surface area (Å²) < 4.78 is 9.54. The smallest absolute Gasteiger partial charge is 0.306 e. The molecule has 0 saturated heterocycles. The SMILES string of the molecule is COC(=O)CC(C)P(c1ccccc1)C(C)CC(=O)OC. The Bertz CT molecular complexity index is 437. The third-order valence-corrected chi connectivity index (χ3v) is 6.54. The Balaban J connectivity index is 2.94. The molecule has 0 amide bonds. The number of benzene rings is 1. The fraction of sp³-hybridized carbons (Fsp3) is 0.500. The standard InChI is InChI=1S/C16H23O4P/c1-12(10-15(17)19-3)21(13(2)11-16(18)20-4)14-8-6-5-7-9-14/h5-9,12-13H,10-11H2,1-4H3. The number of hydrogen-bond acceptors (Lipinski definition) is 4. The second-order valence-electron chi connectivity index (χ2n) is 5.00. The van der Waals surface area contributed by atoms with Crippen molar-refractivity contribution in [3.05, 3.63) is 30.3 Å². The van der Waals surface area contributed by atoms with Crippen LogP contribution >= 0.6 is 7.92 Å². The van der Waals surface area contributed by atoms with Crippen LogP contribution in [0.5, 0.6) is 0 Å². The Hall–Kier alpha value is -1.41. The number of carbonyl (C=O) groups is 2. The molecule has 0 bridgehead atoms. The van der Waals surface area contributed by atoms with Crippen LogP contribution in [0, 0.1) is 0 Å². The molecule has 0 aliphatic carbocycles. The highest BCUT2D eigenvalue weighted by Gasteiger charge is 2.28. The predicted octanol–water partition coefficient (Wildman–Crippen LogP) is 2.70. The van der Waals surface area contributed by atoms with Gasteiger partial charge in [0.15, 0.2) is 0 Å². The van der Waals surface area contributed by atoms with E-state index in [1.54, 1.807) is 0 Å². The van der Waals surface area contributed by atoms with E-state index in [4.69, 9.17) is 9.47 Å². The summed E-state index contributed by atoms with van der Waals surface area (Å²) in [5.41, 5.74) is 0.295. The zero-order chi connectivity index (χ0) is 15.8. The highest BCUT2D eigenvalue weighted by atomic mass is 31.1. The van der Waals surface area contributed by atoms with Crippen molar-refractivity contribution in [3.8, 4) is 0 Å². The first kappa shape index (κ1) is 17.6. The number of rotatable bonds is 7. The van der Waals surface area contributed by atoms with Crippen molar-refractivity contribution in [2.75, 3.05) is 14.2 Å². The summed E-state index contributed by atoms with van der Waals surface area (Å²) in [5, 5.41) is 1.19. The van der Waals surface area contributed by atoms with Crippen LogP contribution in [0.3, 0.4) is 0 Å². The molecular formula is C16H23O4P. The molecule has 2 atom stereocenters. The monoisotopic (exact) mass is 310 g/mol. The maximum absolute atomic E-state index is 11.6. The molecular weight excluding hydrogens is 287 g/mol. The normalized spacial score (nSPS) is 14.9. The highest BCUT2D eigenvalue weighted by molar-refractivity contribution is 7.67. The molecule has 2 unspecified atom stereocenters. The maximum Gasteiger partial charge on any atom is 0.306 e.